The molecule has 4 rings (SSSR count). The zero-order valence-corrected chi connectivity index (χ0v) is 16.8. The summed E-state index contributed by atoms with van der Waals surface area (Å²) in [5.41, 5.74) is 2.70. The number of nitrogens with one attached hydrogen (secondary N) is 1. The van der Waals surface area contributed by atoms with E-state index in [0.717, 1.165) is 43.8 Å². The van der Waals surface area contributed by atoms with Crippen LogP contribution in [0.25, 0.3) is 11.0 Å². The smallest absolute Gasteiger partial charge is 0.223 e. The van der Waals surface area contributed by atoms with E-state index in [2.05, 4.69) is 46.2 Å². The summed E-state index contributed by atoms with van der Waals surface area (Å²) in [7, 11) is 2.14. The second kappa shape index (κ2) is 8.74. The van der Waals surface area contributed by atoms with Crippen LogP contribution in [0.2, 0.25) is 0 Å². The number of piperidine rings is 1. The summed E-state index contributed by atoms with van der Waals surface area (Å²) in [6.07, 6.45) is 3.09. The van der Waals surface area contributed by atoms with Crippen LogP contribution < -0.4 is 0 Å². The third kappa shape index (κ3) is 4.82. The van der Waals surface area contributed by atoms with Gasteiger partial charge < -0.3 is 9.88 Å². The number of H-pyrrole nitrogens is 1. The highest BCUT2D eigenvalue weighted by Crippen LogP contribution is 2.19. The first-order valence-electron chi connectivity index (χ1n) is 10.2. The molecule has 152 valence electrons. The fraction of sp³-hybridized carbons (Fsp3) is 0.391. The monoisotopic (exact) mass is 394 g/mol. The Kier molecular flexibility index (Phi) is 5.90. The minimum atomic E-state index is -0.289. The average molecular weight is 394 g/mol. The van der Waals surface area contributed by atoms with Crippen LogP contribution in [0.4, 0.5) is 4.39 Å². The van der Waals surface area contributed by atoms with Gasteiger partial charge in [-0.3, -0.25) is 9.69 Å². The number of aryl methyl sites for hydroxylation is 1. The van der Waals surface area contributed by atoms with Crippen LogP contribution >= 0.6 is 0 Å². The van der Waals surface area contributed by atoms with Crippen LogP contribution in [-0.2, 0) is 17.8 Å². The molecule has 1 aliphatic rings. The van der Waals surface area contributed by atoms with E-state index < -0.39 is 0 Å². The molecule has 1 fully saturated rings. The summed E-state index contributed by atoms with van der Waals surface area (Å²) in [5.74, 6) is 0.603. The molecule has 3 aromatic rings. The van der Waals surface area contributed by atoms with Crippen molar-refractivity contribution in [2.75, 3.05) is 20.1 Å². The molecule has 2 heterocycles. The van der Waals surface area contributed by atoms with Gasteiger partial charge >= 0.3 is 0 Å². The topological polar surface area (TPSA) is 52.2 Å². The number of likely N-dealkylation sites (N-methyl/N-ethyl adjacent to an activating group) is 1. The molecule has 1 atom stereocenters. The number of hydrogen-bond acceptors (Lipinski definition) is 3. The van der Waals surface area contributed by atoms with Crippen molar-refractivity contribution < 1.29 is 9.18 Å². The Bertz CT molecular complexity index is 971. The van der Waals surface area contributed by atoms with E-state index >= 15 is 0 Å². The molecule has 2 aromatic carbocycles. The molecule has 0 aliphatic carbocycles. The standard InChI is InChI=1S/C23H27FN4O/c1-27(15-17-6-3-2-4-7-17)19-8-5-13-28(16-19)23(29)12-11-22-25-20-10-9-18(24)14-21(20)26-22/h2-4,6-7,9-10,14,19H,5,8,11-13,15-16H2,1H3,(H,25,26). The average Bonchev–Trinajstić information content (AvgIpc) is 3.15. The molecule has 0 spiro atoms. The third-order valence-corrected chi connectivity index (χ3v) is 5.72. The van der Waals surface area contributed by atoms with E-state index in [1.54, 1.807) is 6.07 Å². The van der Waals surface area contributed by atoms with Crippen molar-refractivity contribution in [2.24, 2.45) is 0 Å². The molecule has 1 N–H and O–H groups in total. The molecule has 0 saturated carbocycles. The lowest BCUT2D eigenvalue weighted by Crippen LogP contribution is -2.48. The molecule has 1 aromatic heterocycles. The Morgan fingerprint density at radius 2 is 2.10 bits per heavy atom. The summed E-state index contributed by atoms with van der Waals surface area (Å²) in [6, 6.07) is 15.3. The quantitative estimate of drug-likeness (QED) is 0.693. The lowest BCUT2D eigenvalue weighted by atomic mass is 10.0. The van der Waals surface area contributed by atoms with Crippen LogP contribution in [0.1, 0.15) is 30.7 Å². The zero-order valence-electron chi connectivity index (χ0n) is 16.8. The molecular formula is C23H27FN4O. The summed E-state index contributed by atoms with van der Waals surface area (Å²) in [4.78, 5) is 24.7. The first-order valence-corrected chi connectivity index (χ1v) is 10.2. The van der Waals surface area contributed by atoms with E-state index in [0.29, 0.717) is 24.4 Å². The third-order valence-electron chi connectivity index (χ3n) is 5.72. The first kappa shape index (κ1) is 19.6. The van der Waals surface area contributed by atoms with Crippen molar-refractivity contribution >= 4 is 16.9 Å². The number of carbonyl (C=O) groups is 1. The van der Waals surface area contributed by atoms with Crippen molar-refractivity contribution in [2.45, 2.75) is 38.3 Å². The number of hydrogen-bond donors (Lipinski definition) is 1. The van der Waals surface area contributed by atoms with E-state index in [9.17, 15) is 9.18 Å². The predicted molar refractivity (Wildman–Crippen MR) is 112 cm³/mol. The molecule has 1 unspecified atom stereocenters. The SMILES string of the molecule is CN(Cc1ccccc1)C1CCCN(C(=O)CCc2nc3ccc(F)cc3[nH]2)C1. The Hall–Kier alpha value is -2.73. The summed E-state index contributed by atoms with van der Waals surface area (Å²) in [6.45, 7) is 2.48. The largest absolute Gasteiger partial charge is 0.342 e. The molecule has 29 heavy (non-hydrogen) atoms. The summed E-state index contributed by atoms with van der Waals surface area (Å²) >= 11 is 0. The van der Waals surface area contributed by atoms with Gasteiger partial charge in [-0.15, -0.1) is 0 Å². The van der Waals surface area contributed by atoms with Crippen LogP contribution in [0, 0.1) is 5.82 Å². The molecule has 5 nitrogen and oxygen atoms in total. The van der Waals surface area contributed by atoms with Crippen molar-refractivity contribution in [1.29, 1.82) is 0 Å². The minimum absolute atomic E-state index is 0.162. The number of halogens is 1. The zero-order chi connectivity index (χ0) is 20.2. The van der Waals surface area contributed by atoms with Gasteiger partial charge in [0.15, 0.2) is 0 Å². The van der Waals surface area contributed by atoms with Crippen molar-refractivity contribution in [1.82, 2.24) is 19.8 Å². The molecule has 1 aliphatic heterocycles. The number of nitrogens with zero attached hydrogens (tertiary/aromatic N) is 3. The Morgan fingerprint density at radius 1 is 1.28 bits per heavy atom. The lowest BCUT2D eigenvalue weighted by Gasteiger charge is -2.37. The Morgan fingerprint density at radius 3 is 2.93 bits per heavy atom. The molecular weight excluding hydrogens is 367 g/mol. The molecule has 1 amide bonds. The van der Waals surface area contributed by atoms with E-state index in [1.807, 2.05) is 11.0 Å². The van der Waals surface area contributed by atoms with E-state index in [-0.39, 0.29) is 11.7 Å². The van der Waals surface area contributed by atoms with Crippen molar-refractivity contribution in [3.63, 3.8) is 0 Å². The second-order valence-electron chi connectivity index (χ2n) is 7.88. The van der Waals surface area contributed by atoms with Gasteiger partial charge in [-0.25, -0.2) is 9.37 Å². The predicted octanol–water partition coefficient (Wildman–Crippen LogP) is 3.76. The number of rotatable bonds is 6. The number of aromatic amines is 1. The molecule has 1 saturated heterocycles. The van der Waals surface area contributed by atoms with Gasteiger partial charge in [-0.1, -0.05) is 30.3 Å². The normalized spacial score (nSPS) is 17.2. The van der Waals surface area contributed by atoms with Gasteiger partial charge in [0.1, 0.15) is 11.6 Å². The fourth-order valence-electron chi connectivity index (χ4n) is 4.08. The number of amides is 1. The second-order valence-corrected chi connectivity index (χ2v) is 7.88. The van der Waals surface area contributed by atoms with Gasteiger partial charge in [0.25, 0.3) is 0 Å². The maximum atomic E-state index is 13.3. The summed E-state index contributed by atoms with van der Waals surface area (Å²) < 4.78 is 13.3. The summed E-state index contributed by atoms with van der Waals surface area (Å²) in [5, 5.41) is 0. The maximum absolute atomic E-state index is 13.3. The fourth-order valence-corrected chi connectivity index (χ4v) is 4.08. The number of imidazole rings is 1. The number of carbonyl (C=O) groups excluding carboxylic acids is 1. The molecule has 0 bridgehead atoms. The van der Waals surface area contributed by atoms with E-state index in [1.165, 1.54) is 17.7 Å². The number of aromatic nitrogens is 2. The van der Waals surface area contributed by atoms with Gasteiger partial charge in [0.2, 0.25) is 5.91 Å². The van der Waals surface area contributed by atoms with Crippen LogP contribution in [0.3, 0.4) is 0 Å². The van der Waals surface area contributed by atoms with Crippen LogP contribution in [0.15, 0.2) is 48.5 Å². The van der Waals surface area contributed by atoms with Gasteiger partial charge in [0, 0.05) is 38.5 Å². The number of benzene rings is 2. The van der Waals surface area contributed by atoms with E-state index in [4.69, 9.17) is 0 Å². The highest BCUT2D eigenvalue weighted by molar-refractivity contribution is 5.77. The number of fused-ring (bicyclic) bond motifs is 1. The Balaban J connectivity index is 1.32. The Labute approximate surface area is 170 Å². The van der Waals surface area contributed by atoms with Crippen molar-refractivity contribution in [3.8, 4) is 0 Å². The lowest BCUT2D eigenvalue weighted by molar-refractivity contribution is -0.133. The molecule has 0 radical (unpaired) electrons. The van der Waals surface area contributed by atoms with Crippen LogP contribution in [-0.4, -0.2) is 51.9 Å². The minimum Gasteiger partial charge on any atom is -0.342 e. The van der Waals surface area contributed by atoms with Gasteiger partial charge in [-0.05, 0) is 43.7 Å². The molecule has 6 heteroatoms. The van der Waals surface area contributed by atoms with Crippen molar-refractivity contribution in [3.05, 3.63) is 65.7 Å². The van der Waals surface area contributed by atoms with Gasteiger partial charge in [-0.2, -0.15) is 0 Å². The highest BCUT2D eigenvalue weighted by Gasteiger charge is 2.26. The maximum Gasteiger partial charge on any atom is 0.223 e. The highest BCUT2D eigenvalue weighted by atomic mass is 19.1. The van der Waals surface area contributed by atoms with Gasteiger partial charge in [0.05, 0.1) is 11.0 Å². The number of likely N-dealkylation sites (tertiary alicyclic amines) is 1. The van der Waals surface area contributed by atoms with Crippen LogP contribution in [0.5, 0.6) is 0 Å². The first-order chi connectivity index (χ1) is 14.1.